The van der Waals surface area contributed by atoms with Gasteiger partial charge in [0.05, 0.1) is 12.7 Å². The Labute approximate surface area is 139 Å². The summed E-state index contributed by atoms with van der Waals surface area (Å²) in [6, 6.07) is 11.0. The highest BCUT2D eigenvalue weighted by atomic mass is 16.5. The molecule has 3 rings (SSSR count). The lowest BCUT2D eigenvalue weighted by molar-refractivity contribution is -0.112. The van der Waals surface area contributed by atoms with Crippen molar-refractivity contribution in [2.24, 2.45) is 0 Å². The number of aromatic nitrogens is 1. The third-order valence-electron chi connectivity index (χ3n) is 4.03. The van der Waals surface area contributed by atoms with Crippen LogP contribution in [0.1, 0.15) is 21.5 Å². The first-order valence-corrected chi connectivity index (χ1v) is 7.58. The van der Waals surface area contributed by atoms with Crippen molar-refractivity contribution in [2.75, 3.05) is 12.4 Å². The van der Waals surface area contributed by atoms with Gasteiger partial charge in [0.15, 0.2) is 0 Å². The molecule has 0 fully saturated rings. The van der Waals surface area contributed by atoms with Gasteiger partial charge in [-0.1, -0.05) is 18.2 Å². The van der Waals surface area contributed by atoms with E-state index in [1.807, 2.05) is 44.2 Å². The Bertz CT molecular complexity index is 941. The van der Waals surface area contributed by atoms with Crippen LogP contribution in [0.15, 0.2) is 42.6 Å². The van der Waals surface area contributed by atoms with E-state index >= 15 is 0 Å². The number of carbonyl (C=O) groups excluding carboxylic acids is 2. The van der Waals surface area contributed by atoms with E-state index in [2.05, 4.69) is 10.3 Å². The second kappa shape index (κ2) is 6.20. The van der Waals surface area contributed by atoms with Crippen LogP contribution >= 0.6 is 0 Å². The van der Waals surface area contributed by atoms with Crippen molar-refractivity contribution in [1.29, 1.82) is 0 Å². The first kappa shape index (κ1) is 15.8. The number of hydrogen-bond acceptors (Lipinski definition) is 3. The monoisotopic (exact) mass is 322 g/mol. The number of nitrogens with one attached hydrogen (secondary N) is 2. The van der Waals surface area contributed by atoms with Gasteiger partial charge in [-0.05, 0) is 43.2 Å². The number of ether oxygens (including phenoxy) is 1. The summed E-state index contributed by atoms with van der Waals surface area (Å²) in [5.74, 6) is -0.485. The zero-order valence-corrected chi connectivity index (χ0v) is 13.8. The molecule has 2 aromatic carbocycles. The maximum absolute atomic E-state index is 12.5. The number of ketones is 1. The average Bonchev–Trinajstić information content (AvgIpc) is 3.01. The van der Waals surface area contributed by atoms with E-state index in [0.717, 1.165) is 27.8 Å². The highest BCUT2D eigenvalue weighted by molar-refractivity contribution is 6.48. The van der Waals surface area contributed by atoms with Crippen LogP contribution in [-0.2, 0) is 4.79 Å². The summed E-state index contributed by atoms with van der Waals surface area (Å²) in [7, 11) is 1.60. The zero-order chi connectivity index (χ0) is 17.3. The number of methoxy groups -OCH3 is 1. The van der Waals surface area contributed by atoms with Gasteiger partial charge in [0.2, 0.25) is 0 Å². The molecule has 122 valence electrons. The predicted octanol–water partition coefficient (Wildman–Crippen LogP) is 3.61. The fourth-order valence-corrected chi connectivity index (χ4v) is 2.71. The van der Waals surface area contributed by atoms with Gasteiger partial charge >= 0.3 is 0 Å². The Morgan fingerprint density at radius 3 is 2.58 bits per heavy atom. The number of hydrogen-bond donors (Lipinski definition) is 2. The summed E-state index contributed by atoms with van der Waals surface area (Å²) >= 11 is 0. The van der Waals surface area contributed by atoms with E-state index in [-0.39, 0.29) is 0 Å². The van der Waals surface area contributed by atoms with Gasteiger partial charge in [-0.3, -0.25) is 9.59 Å². The number of fused-ring (bicyclic) bond motifs is 1. The van der Waals surface area contributed by atoms with Crippen LogP contribution in [0.25, 0.3) is 10.9 Å². The molecule has 0 unspecified atom stereocenters. The molecule has 24 heavy (non-hydrogen) atoms. The molecule has 0 spiro atoms. The van der Waals surface area contributed by atoms with Crippen LogP contribution in [0, 0.1) is 13.8 Å². The van der Waals surface area contributed by atoms with Crippen LogP contribution in [0.5, 0.6) is 5.75 Å². The van der Waals surface area contributed by atoms with E-state index in [4.69, 9.17) is 4.74 Å². The molecule has 0 atom stereocenters. The van der Waals surface area contributed by atoms with Gasteiger partial charge in [0, 0.05) is 22.8 Å². The van der Waals surface area contributed by atoms with Crippen molar-refractivity contribution in [3.63, 3.8) is 0 Å². The number of H-pyrrole nitrogens is 1. The predicted molar refractivity (Wildman–Crippen MR) is 93.7 cm³/mol. The molecule has 0 saturated carbocycles. The maximum atomic E-state index is 12.5. The quantitative estimate of drug-likeness (QED) is 0.569. The standard InChI is InChI=1S/C19H18N2O3/c1-11-9-17(24-3)12(2)8-16(11)21-19(23)18(22)14-10-20-15-7-5-4-6-13(14)15/h4-10,20H,1-3H3,(H,21,23). The first-order valence-electron chi connectivity index (χ1n) is 7.58. The average molecular weight is 322 g/mol. The summed E-state index contributed by atoms with van der Waals surface area (Å²) in [6.45, 7) is 3.74. The molecule has 0 aliphatic heterocycles. The summed E-state index contributed by atoms with van der Waals surface area (Å²) in [5.41, 5.74) is 3.51. The maximum Gasteiger partial charge on any atom is 0.296 e. The van der Waals surface area contributed by atoms with Gasteiger partial charge in [-0.25, -0.2) is 0 Å². The second-order valence-corrected chi connectivity index (χ2v) is 5.67. The molecule has 0 saturated heterocycles. The number of aromatic amines is 1. The molecule has 0 radical (unpaired) electrons. The minimum Gasteiger partial charge on any atom is -0.496 e. The van der Waals surface area contributed by atoms with Gasteiger partial charge in [0.1, 0.15) is 5.75 Å². The van der Waals surface area contributed by atoms with Crippen molar-refractivity contribution in [3.8, 4) is 5.75 Å². The number of amides is 1. The molecule has 0 aliphatic carbocycles. The van der Waals surface area contributed by atoms with E-state index < -0.39 is 11.7 Å². The van der Waals surface area contributed by atoms with E-state index in [1.54, 1.807) is 19.4 Å². The van der Waals surface area contributed by atoms with Crippen molar-refractivity contribution < 1.29 is 14.3 Å². The van der Waals surface area contributed by atoms with Gasteiger partial charge in [-0.2, -0.15) is 0 Å². The Morgan fingerprint density at radius 1 is 1.08 bits per heavy atom. The largest absolute Gasteiger partial charge is 0.496 e. The van der Waals surface area contributed by atoms with Crippen molar-refractivity contribution in [3.05, 3.63) is 59.3 Å². The number of carbonyl (C=O) groups is 2. The zero-order valence-electron chi connectivity index (χ0n) is 13.8. The van der Waals surface area contributed by atoms with Gasteiger partial charge in [-0.15, -0.1) is 0 Å². The second-order valence-electron chi connectivity index (χ2n) is 5.67. The van der Waals surface area contributed by atoms with Crippen LogP contribution < -0.4 is 10.1 Å². The minimum atomic E-state index is -0.660. The Kier molecular flexibility index (Phi) is 4.08. The minimum absolute atomic E-state index is 0.367. The summed E-state index contributed by atoms with van der Waals surface area (Å²) in [5, 5.41) is 3.43. The van der Waals surface area contributed by atoms with E-state index in [0.29, 0.717) is 11.3 Å². The van der Waals surface area contributed by atoms with Gasteiger partial charge < -0.3 is 15.0 Å². The Balaban J connectivity index is 1.87. The molecule has 1 amide bonds. The lowest BCUT2D eigenvalue weighted by Crippen LogP contribution is -2.23. The lowest BCUT2D eigenvalue weighted by Gasteiger charge is -2.12. The molecule has 1 aromatic heterocycles. The van der Waals surface area contributed by atoms with Crippen molar-refractivity contribution >= 4 is 28.3 Å². The lowest BCUT2D eigenvalue weighted by atomic mass is 10.1. The van der Waals surface area contributed by atoms with Crippen LogP contribution in [-0.4, -0.2) is 23.8 Å². The summed E-state index contributed by atoms with van der Waals surface area (Å²) in [6.07, 6.45) is 1.57. The fraction of sp³-hybridized carbons (Fsp3) is 0.158. The third kappa shape index (κ3) is 2.76. The number of benzene rings is 2. The van der Waals surface area contributed by atoms with Crippen molar-refractivity contribution in [1.82, 2.24) is 4.98 Å². The number of Topliss-reactive ketones (excluding diaryl/α,β-unsaturated/α-hetero) is 1. The molecule has 3 aromatic rings. The van der Waals surface area contributed by atoms with Crippen LogP contribution in [0.2, 0.25) is 0 Å². The summed E-state index contributed by atoms with van der Waals surface area (Å²) in [4.78, 5) is 27.9. The molecule has 0 bridgehead atoms. The van der Waals surface area contributed by atoms with Gasteiger partial charge in [0.25, 0.3) is 11.7 Å². The normalized spacial score (nSPS) is 10.6. The SMILES string of the molecule is COc1cc(C)c(NC(=O)C(=O)c2c[nH]c3ccccc23)cc1C. The number of rotatable bonds is 4. The Hall–Kier alpha value is -3.08. The molecule has 2 N–H and O–H groups in total. The Morgan fingerprint density at radius 2 is 1.83 bits per heavy atom. The highest BCUT2D eigenvalue weighted by Gasteiger charge is 2.20. The van der Waals surface area contributed by atoms with Crippen LogP contribution in [0.4, 0.5) is 5.69 Å². The molecule has 0 aliphatic rings. The fourth-order valence-electron chi connectivity index (χ4n) is 2.71. The smallest absolute Gasteiger partial charge is 0.296 e. The van der Waals surface area contributed by atoms with E-state index in [1.165, 1.54) is 0 Å². The van der Waals surface area contributed by atoms with Crippen molar-refractivity contribution in [2.45, 2.75) is 13.8 Å². The number of para-hydroxylation sites is 1. The molecular weight excluding hydrogens is 304 g/mol. The molecule has 5 nitrogen and oxygen atoms in total. The number of aryl methyl sites for hydroxylation is 2. The van der Waals surface area contributed by atoms with Crippen LogP contribution in [0.3, 0.4) is 0 Å². The highest BCUT2D eigenvalue weighted by Crippen LogP contribution is 2.26. The van der Waals surface area contributed by atoms with E-state index in [9.17, 15) is 9.59 Å². The molecular formula is C19H18N2O3. The topological polar surface area (TPSA) is 71.2 Å². The third-order valence-corrected chi connectivity index (χ3v) is 4.03. The number of anilines is 1. The molecule has 1 heterocycles. The molecule has 5 heteroatoms. The summed E-state index contributed by atoms with van der Waals surface area (Å²) < 4.78 is 5.26. The first-order chi connectivity index (χ1) is 11.5.